The Bertz CT molecular complexity index is 589. The van der Waals surface area contributed by atoms with Crippen molar-refractivity contribution in [1.29, 1.82) is 0 Å². The number of benzene rings is 2. The highest BCUT2D eigenvalue weighted by atomic mass is 79.9. The van der Waals surface area contributed by atoms with Crippen LogP contribution < -0.4 is 5.73 Å². The van der Waals surface area contributed by atoms with Crippen LogP contribution in [-0.4, -0.2) is 11.7 Å². The van der Waals surface area contributed by atoms with Gasteiger partial charge >= 0.3 is 0 Å². The molecule has 106 valence electrons. The molecule has 2 aromatic rings. The van der Waals surface area contributed by atoms with Crippen LogP contribution in [0.1, 0.15) is 23.1 Å². The molecule has 2 rings (SSSR count). The summed E-state index contributed by atoms with van der Waals surface area (Å²) in [5.41, 5.74) is 6.89. The van der Waals surface area contributed by atoms with E-state index >= 15 is 0 Å². The lowest BCUT2D eigenvalue weighted by Crippen LogP contribution is -2.21. The maximum absolute atomic E-state index is 13.9. The van der Waals surface area contributed by atoms with Crippen molar-refractivity contribution in [2.75, 3.05) is 6.54 Å². The Kier molecular flexibility index (Phi) is 5.32. The normalized spacial score (nSPS) is 14.1. The fourth-order valence-electron chi connectivity index (χ4n) is 2.12. The predicted octanol–water partition coefficient (Wildman–Crippen LogP) is 4.13. The second kappa shape index (κ2) is 6.80. The highest BCUT2D eigenvalue weighted by Gasteiger charge is 2.24. The number of hydrogen-bond donors (Lipinski definition) is 2. The molecular formula is C15H14Br2FNO. The average molecular weight is 403 g/mol. The average Bonchev–Trinajstić information content (AvgIpc) is 2.44. The molecule has 0 amide bonds. The van der Waals surface area contributed by atoms with Gasteiger partial charge in [-0.15, -0.1) is 0 Å². The van der Waals surface area contributed by atoms with Crippen LogP contribution in [0.15, 0.2) is 51.4 Å². The van der Waals surface area contributed by atoms with Crippen molar-refractivity contribution in [1.82, 2.24) is 0 Å². The Morgan fingerprint density at radius 1 is 1.05 bits per heavy atom. The molecule has 0 aromatic heterocycles. The van der Waals surface area contributed by atoms with Gasteiger partial charge in [-0.25, -0.2) is 4.39 Å². The number of aliphatic hydroxyl groups excluding tert-OH is 1. The zero-order valence-corrected chi connectivity index (χ0v) is 13.7. The number of nitrogens with two attached hydrogens (primary N) is 1. The fourth-order valence-corrected chi connectivity index (χ4v) is 2.76. The molecule has 0 heterocycles. The molecule has 2 unspecified atom stereocenters. The molecule has 0 fully saturated rings. The van der Waals surface area contributed by atoms with Crippen LogP contribution in [0.3, 0.4) is 0 Å². The molecule has 0 aliphatic heterocycles. The first-order valence-electron chi connectivity index (χ1n) is 6.11. The van der Waals surface area contributed by atoms with Gasteiger partial charge in [-0.1, -0.05) is 44.0 Å². The van der Waals surface area contributed by atoms with Gasteiger partial charge in [0.05, 0.1) is 6.10 Å². The van der Waals surface area contributed by atoms with Gasteiger partial charge in [-0.2, -0.15) is 0 Å². The van der Waals surface area contributed by atoms with Gasteiger partial charge < -0.3 is 10.8 Å². The number of hydrogen-bond acceptors (Lipinski definition) is 2. The lowest BCUT2D eigenvalue weighted by Gasteiger charge is -2.23. The van der Waals surface area contributed by atoms with Crippen LogP contribution in [0.4, 0.5) is 4.39 Å². The van der Waals surface area contributed by atoms with Crippen molar-refractivity contribution in [3.8, 4) is 0 Å². The fraction of sp³-hybridized carbons (Fsp3) is 0.200. The Morgan fingerprint density at radius 3 is 2.25 bits per heavy atom. The summed E-state index contributed by atoms with van der Waals surface area (Å²) in [5, 5.41) is 10.5. The van der Waals surface area contributed by atoms with Gasteiger partial charge in [0.2, 0.25) is 0 Å². The minimum Gasteiger partial charge on any atom is -0.388 e. The van der Waals surface area contributed by atoms with E-state index in [1.54, 1.807) is 12.1 Å². The van der Waals surface area contributed by atoms with Gasteiger partial charge in [0.15, 0.2) is 0 Å². The van der Waals surface area contributed by atoms with Gasteiger partial charge in [0, 0.05) is 27.0 Å². The molecule has 3 N–H and O–H groups in total. The molecule has 0 saturated heterocycles. The van der Waals surface area contributed by atoms with Crippen LogP contribution >= 0.6 is 31.9 Å². The van der Waals surface area contributed by atoms with E-state index in [2.05, 4.69) is 31.9 Å². The Balaban J connectivity index is 2.35. The summed E-state index contributed by atoms with van der Waals surface area (Å²) in [6.45, 7) is 0.231. The minimum absolute atomic E-state index is 0.231. The van der Waals surface area contributed by atoms with E-state index in [9.17, 15) is 9.50 Å². The molecular weight excluding hydrogens is 389 g/mol. The minimum atomic E-state index is -0.987. The summed E-state index contributed by atoms with van der Waals surface area (Å²) >= 11 is 6.65. The first kappa shape index (κ1) is 15.6. The largest absolute Gasteiger partial charge is 0.388 e. The highest BCUT2D eigenvalue weighted by Crippen LogP contribution is 2.33. The molecule has 2 aromatic carbocycles. The molecule has 2 atom stereocenters. The molecule has 0 aliphatic carbocycles. The molecule has 5 heteroatoms. The third-order valence-corrected chi connectivity index (χ3v) is 4.23. The van der Waals surface area contributed by atoms with Crippen molar-refractivity contribution < 1.29 is 9.50 Å². The Hall–Kier alpha value is -0.750. The van der Waals surface area contributed by atoms with Crippen molar-refractivity contribution in [3.05, 3.63) is 68.4 Å². The molecule has 2 nitrogen and oxygen atoms in total. The standard InChI is InChI=1S/C15H14Br2FNO/c16-10-3-1-9(2-4-10)13(8-19)15(20)12-7-11(17)5-6-14(12)18/h1-7,13,15,20H,8,19H2. The SMILES string of the molecule is NCC(c1ccc(Br)cc1)C(O)c1cc(Br)ccc1F. The van der Waals surface area contributed by atoms with Crippen LogP contribution in [0.2, 0.25) is 0 Å². The lowest BCUT2D eigenvalue weighted by molar-refractivity contribution is 0.143. The lowest BCUT2D eigenvalue weighted by atomic mass is 9.89. The monoisotopic (exact) mass is 401 g/mol. The van der Waals surface area contributed by atoms with E-state index in [4.69, 9.17) is 5.73 Å². The molecule has 0 aliphatic rings. The van der Waals surface area contributed by atoms with Crippen LogP contribution in [0, 0.1) is 5.82 Å². The van der Waals surface area contributed by atoms with Crippen LogP contribution in [0.25, 0.3) is 0 Å². The summed E-state index contributed by atoms with van der Waals surface area (Å²) in [7, 11) is 0. The smallest absolute Gasteiger partial charge is 0.129 e. The van der Waals surface area contributed by atoms with Crippen molar-refractivity contribution in [2.45, 2.75) is 12.0 Å². The summed E-state index contributed by atoms with van der Waals surface area (Å²) in [6.07, 6.45) is -0.987. The zero-order valence-electron chi connectivity index (χ0n) is 10.6. The summed E-state index contributed by atoms with van der Waals surface area (Å²) < 4.78 is 15.5. The highest BCUT2D eigenvalue weighted by molar-refractivity contribution is 9.10. The van der Waals surface area contributed by atoms with E-state index in [0.29, 0.717) is 0 Å². The number of rotatable bonds is 4. The topological polar surface area (TPSA) is 46.2 Å². The first-order chi connectivity index (χ1) is 9.52. The number of aliphatic hydroxyl groups is 1. The first-order valence-corrected chi connectivity index (χ1v) is 7.70. The van der Waals surface area contributed by atoms with Crippen molar-refractivity contribution in [3.63, 3.8) is 0 Å². The summed E-state index contributed by atoms with van der Waals surface area (Å²) in [5.74, 6) is -0.789. The molecule has 0 radical (unpaired) electrons. The molecule has 0 saturated carbocycles. The molecule has 0 bridgehead atoms. The van der Waals surface area contributed by atoms with Crippen molar-refractivity contribution in [2.24, 2.45) is 5.73 Å². The van der Waals surface area contributed by atoms with E-state index in [1.807, 2.05) is 24.3 Å². The zero-order chi connectivity index (χ0) is 14.7. The molecule has 0 spiro atoms. The van der Waals surface area contributed by atoms with Crippen LogP contribution in [0.5, 0.6) is 0 Å². The Morgan fingerprint density at radius 2 is 1.65 bits per heavy atom. The maximum atomic E-state index is 13.9. The number of halogens is 3. The van der Waals surface area contributed by atoms with Gasteiger partial charge in [0.25, 0.3) is 0 Å². The maximum Gasteiger partial charge on any atom is 0.129 e. The van der Waals surface area contributed by atoms with Gasteiger partial charge in [-0.3, -0.25) is 0 Å². The predicted molar refractivity (Wildman–Crippen MR) is 85.0 cm³/mol. The van der Waals surface area contributed by atoms with E-state index in [1.165, 1.54) is 6.07 Å². The van der Waals surface area contributed by atoms with Gasteiger partial charge in [0.1, 0.15) is 5.82 Å². The quantitative estimate of drug-likeness (QED) is 0.807. The van der Waals surface area contributed by atoms with Crippen molar-refractivity contribution >= 4 is 31.9 Å². The third-order valence-electron chi connectivity index (χ3n) is 3.21. The molecule has 20 heavy (non-hydrogen) atoms. The Labute approximate surface area is 134 Å². The van der Waals surface area contributed by atoms with E-state index < -0.39 is 11.9 Å². The third kappa shape index (κ3) is 3.47. The van der Waals surface area contributed by atoms with Gasteiger partial charge in [-0.05, 0) is 35.9 Å². The second-order valence-electron chi connectivity index (χ2n) is 4.50. The summed E-state index contributed by atoms with van der Waals surface area (Å²) in [6, 6.07) is 12.0. The summed E-state index contributed by atoms with van der Waals surface area (Å²) in [4.78, 5) is 0. The second-order valence-corrected chi connectivity index (χ2v) is 6.34. The van der Waals surface area contributed by atoms with Crippen LogP contribution in [-0.2, 0) is 0 Å². The van der Waals surface area contributed by atoms with E-state index in [0.717, 1.165) is 14.5 Å². The van der Waals surface area contributed by atoms with E-state index in [-0.39, 0.29) is 18.0 Å².